The standard InChI is InChI=1S/C13H17F3N2S/c14-13(15,16)19-11-5-3-10(4-6-11)12(7-17)18-8-9-1-2-9/h3-6,9,12,18H,1-2,7-8,17H2. The Morgan fingerprint density at radius 2 is 1.89 bits per heavy atom. The van der Waals surface area contributed by atoms with E-state index in [9.17, 15) is 13.2 Å². The first-order chi connectivity index (χ1) is 8.98. The topological polar surface area (TPSA) is 38.0 Å². The third kappa shape index (κ3) is 5.04. The predicted octanol–water partition coefficient (Wildman–Crippen LogP) is 3.30. The van der Waals surface area contributed by atoms with Gasteiger partial charge in [-0.15, -0.1) is 0 Å². The maximum Gasteiger partial charge on any atom is 0.446 e. The largest absolute Gasteiger partial charge is 0.446 e. The second-order valence-corrected chi connectivity index (χ2v) is 5.90. The SMILES string of the molecule is NCC(NCC1CC1)c1ccc(SC(F)(F)F)cc1. The molecule has 0 radical (unpaired) electrons. The molecule has 1 aromatic carbocycles. The second kappa shape index (κ2) is 6.15. The van der Waals surface area contributed by atoms with Crippen molar-refractivity contribution in [2.24, 2.45) is 11.7 Å². The van der Waals surface area contributed by atoms with E-state index in [0.29, 0.717) is 6.54 Å². The van der Waals surface area contributed by atoms with Gasteiger partial charge in [-0.1, -0.05) is 12.1 Å². The van der Waals surface area contributed by atoms with Gasteiger partial charge in [0.25, 0.3) is 0 Å². The Balaban J connectivity index is 1.94. The molecule has 0 bridgehead atoms. The molecule has 0 heterocycles. The van der Waals surface area contributed by atoms with Crippen molar-refractivity contribution in [3.05, 3.63) is 29.8 Å². The fourth-order valence-electron chi connectivity index (χ4n) is 1.87. The van der Waals surface area contributed by atoms with E-state index in [2.05, 4.69) is 5.32 Å². The number of nitrogens with one attached hydrogen (secondary N) is 1. The van der Waals surface area contributed by atoms with Gasteiger partial charge in [0, 0.05) is 17.5 Å². The Bertz CT molecular complexity index is 401. The molecule has 3 N–H and O–H groups in total. The number of alkyl halides is 3. The lowest BCUT2D eigenvalue weighted by atomic mass is 10.1. The lowest BCUT2D eigenvalue weighted by molar-refractivity contribution is -0.0328. The molecule has 1 saturated carbocycles. The average Bonchev–Trinajstić information content (AvgIpc) is 3.14. The number of thioether (sulfide) groups is 1. The Morgan fingerprint density at radius 3 is 2.37 bits per heavy atom. The minimum atomic E-state index is -4.24. The molecular formula is C13H17F3N2S. The molecule has 1 atom stereocenters. The molecule has 0 aromatic heterocycles. The third-order valence-electron chi connectivity index (χ3n) is 3.10. The number of halogens is 3. The summed E-state index contributed by atoms with van der Waals surface area (Å²) in [5, 5.41) is 3.36. The summed E-state index contributed by atoms with van der Waals surface area (Å²) in [5.74, 6) is 0.745. The van der Waals surface area contributed by atoms with Crippen molar-refractivity contribution in [2.75, 3.05) is 13.1 Å². The van der Waals surface area contributed by atoms with E-state index in [1.54, 1.807) is 12.1 Å². The Hall–Kier alpha value is -0.720. The van der Waals surface area contributed by atoms with Crippen molar-refractivity contribution >= 4 is 11.8 Å². The van der Waals surface area contributed by atoms with Crippen LogP contribution in [0.15, 0.2) is 29.2 Å². The molecule has 2 rings (SSSR count). The Labute approximate surface area is 114 Å². The molecule has 1 fully saturated rings. The molecule has 1 aliphatic rings. The van der Waals surface area contributed by atoms with Crippen molar-refractivity contribution in [3.63, 3.8) is 0 Å². The van der Waals surface area contributed by atoms with Crippen LogP contribution in [-0.4, -0.2) is 18.6 Å². The number of nitrogens with two attached hydrogens (primary N) is 1. The van der Waals surface area contributed by atoms with Crippen LogP contribution in [0.2, 0.25) is 0 Å². The summed E-state index contributed by atoms with van der Waals surface area (Å²) in [6.07, 6.45) is 2.51. The highest BCUT2D eigenvalue weighted by Gasteiger charge is 2.29. The van der Waals surface area contributed by atoms with E-state index >= 15 is 0 Å². The van der Waals surface area contributed by atoms with Gasteiger partial charge in [0.2, 0.25) is 0 Å². The van der Waals surface area contributed by atoms with E-state index in [1.807, 2.05) is 0 Å². The van der Waals surface area contributed by atoms with E-state index in [-0.39, 0.29) is 22.7 Å². The van der Waals surface area contributed by atoms with E-state index in [1.165, 1.54) is 25.0 Å². The summed E-state index contributed by atoms with van der Waals surface area (Å²) < 4.78 is 36.6. The van der Waals surface area contributed by atoms with Gasteiger partial charge in [0.1, 0.15) is 0 Å². The number of hydrogen-bond acceptors (Lipinski definition) is 3. The van der Waals surface area contributed by atoms with Crippen molar-refractivity contribution in [2.45, 2.75) is 29.3 Å². The minimum absolute atomic E-state index is 0.0190. The number of rotatable bonds is 6. The van der Waals surface area contributed by atoms with E-state index in [4.69, 9.17) is 5.73 Å². The zero-order valence-corrected chi connectivity index (χ0v) is 11.2. The van der Waals surface area contributed by atoms with E-state index < -0.39 is 5.51 Å². The fraction of sp³-hybridized carbons (Fsp3) is 0.538. The minimum Gasteiger partial charge on any atom is -0.329 e. The summed E-state index contributed by atoms with van der Waals surface area (Å²) in [5.41, 5.74) is 2.41. The van der Waals surface area contributed by atoms with Crippen LogP contribution in [0, 0.1) is 5.92 Å². The van der Waals surface area contributed by atoms with Crippen molar-refractivity contribution in [1.82, 2.24) is 5.32 Å². The van der Waals surface area contributed by atoms with Gasteiger partial charge < -0.3 is 11.1 Å². The third-order valence-corrected chi connectivity index (χ3v) is 3.84. The molecule has 1 aliphatic carbocycles. The summed E-state index contributed by atoms with van der Waals surface area (Å²) in [6, 6.07) is 6.44. The molecule has 2 nitrogen and oxygen atoms in total. The quantitative estimate of drug-likeness (QED) is 0.790. The van der Waals surface area contributed by atoms with Crippen LogP contribution in [0.1, 0.15) is 24.4 Å². The number of hydrogen-bond donors (Lipinski definition) is 2. The van der Waals surface area contributed by atoms with Gasteiger partial charge in [-0.3, -0.25) is 0 Å². The van der Waals surface area contributed by atoms with Gasteiger partial charge in [0.15, 0.2) is 0 Å². The Kier molecular flexibility index (Phi) is 4.76. The molecule has 6 heteroatoms. The van der Waals surface area contributed by atoms with Crippen LogP contribution in [0.25, 0.3) is 0 Å². The van der Waals surface area contributed by atoms with Crippen LogP contribution in [-0.2, 0) is 0 Å². The highest BCUT2D eigenvalue weighted by Crippen LogP contribution is 2.37. The van der Waals surface area contributed by atoms with Gasteiger partial charge in [-0.2, -0.15) is 13.2 Å². The van der Waals surface area contributed by atoms with Gasteiger partial charge >= 0.3 is 5.51 Å². The van der Waals surface area contributed by atoms with Gasteiger partial charge in [-0.05, 0) is 54.8 Å². The molecule has 0 spiro atoms. The molecule has 0 saturated heterocycles. The predicted molar refractivity (Wildman–Crippen MR) is 70.9 cm³/mol. The van der Waals surface area contributed by atoms with E-state index in [0.717, 1.165) is 18.0 Å². The summed E-state index contributed by atoms with van der Waals surface area (Å²) in [6.45, 7) is 1.37. The summed E-state index contributed by atoms with van der Waals surface area (Å²) in [4.78, 5) is 0.203. The van der Waals surface area contributed by atoms with Crippen LogP contribution in [0.4, 0.5) is 13.2 Å². The van der Waals surface area contributed by atoms with Crippen LogP contribution >= 0.6 is 11.8 Å². The first-order valence-electron chi connectivity index (χ1n) is 6.27. The molecule has 0 aliphatic heterocycles. The fourth-order valence-corrected chi connectivity index (χ4v) is 2.41. The highest BCUT2D eigenvalue weighted by molar-refractivity contribution is 8.00. The maximum absolute atomic E-state index is 12.2. The van der Waals surface area contributed by atoms with Crippen molar-refractivity contribution < 1.29 is 13.2 Å². The summed E-state index contributed by atoms with van der Waals surface area (Å²) in [7, 11) is 0. The van der Waals surface area contributed by atoms with Crippen molar-refractivity contribution in [3.8, 4) is 0 Å². The Morgan fingerprint density at radius 1 is 1.26 bits per heavy atom. The maximum atomic E-state index is 12.2. The monoisotopic (exact) mass is 290 g/mol. The molecular weight excluding hydrogens is 273 g/mol. The molecule has 19 heavy (non-hydrogen) atoms. The van der Waals surface area contributed by atoms with Crippen LogP contribution < -0.4 is 11.1 Å². The smallest absolute Gasteiger partial charge is 0.329 e. The molecule has 106 valence electrons. The zero-order chi connectivity index (χ0) is 13.9. The molecule has 1 unspecified atom stereocenters. The molecule has 0 amide bonds. The highest BCUT2D eigenvalue weighted by atomic mass is 32.2. The lowest BCUT2D eigenvalue weighted by Crippen LogP contribution is -2.29. The summed E-state index contributed by atoms with van der Waals surface area (Å²) >= 11 is -0.0946. The van der Waals surface area contributed by atoms with Gasteiger partial charge in [-0.25, -0.2) is 0 Å². The number of benzene rings is 1. The average molecular weight is 290 g/mol. The first kappa shape index (κ1) is 14.7. The van der Waals surface area contributed by atoms with Crippen LogP contribution in [0.5, 0.6) is 0 Å². The molecule has 1 aromatic rings. The van der Waals surface area contributed by atoms with Crippen LogP contribution in [0.3, 0.4) is 0 Å². The second-order valence-electron chi connectivity index (χ2n) is 4.76. The van der Waals surface area contributed by atoms with Gasteiger partial charge in [0.05, 0.1) is 0 Å². The normalized spacial score (nSPS) is 17.5. The zero-order valence-electron chi connectivity index (χ0n) is 10.4. The first-order valence-corrected chi connectivity index (χ1v) is 7.09. The van der Waals surface area contributed by atoms with Crippen molar-refractivity contribution in [1.29, 1.82) is 0 Å². The lowest BCUT2D eigenvalue weighted by Gasteiger charge is -2.17.